The first-order valence-electron chi connectivity index (χ1n) is 4.55. The standard InChI is InChI=1S/C10H12N2O2/c13-9-6-12(7-9)10(14)11-8-4-2-1-3-5-8/h1-5,9,13H,6-7H2,(H,11,14). The van der Waals surface area contributed by atoms with Crippen LogP contribution < -0.4 is 5.32 Å². The van der Waals surface area contributed by atoms with E-state index in [-0.39, 0.29) is 12.1 Å². The van der Waals surface area contributed by atoms with Gasteiger partial charge in [-0.05, 0) is 12.1 Å². The molecule has 1 aliphatic rings. The third kappa shape index (κ3) is 1.85. The number of urea groups is 1. The molecular formula is C10H12N2O2. The molecule has 74 valence electrons. The molecule has 2 N–H and O–H groups in total. The van der Waals surface area contributed by atoms with Crippen molar-refractivity contribution in [2.24, 2.45) is 0 Å². The molecule has 0 atom stereocenters. The first-order chi connectivity index (χ1) is 6.75. The van der Waals surface area contributed by atoms with Gasteiger partial charge in [-0.1, -0.05) is 18.2 Å². The smallest absolute Gasteiger partial charge is 0.322 e. The van der Waals surface area contributed by atoms with Crippen molar-refractivity contribution in [2.45, 2.75) is 6.10 Å². The largest absolute Gasteiger partial charge is 0.389 e. The summed E-state index contributed by atoms with van der Waals surface area (Å²) in [6.07, 6.45) is -0.350. The number of rotatable bonds is 1. The number of amides is 2. The van der Waals surface area contributed by atoms with Crippen LogP contribution in [0.1, 0.15) is 0 Å². The molecule has 0 aliphatic carbocycles. The van der Waals surface area contributed by atoms with Crippen LogP contribution in [-0.2, 0) is 0 Å². The van der Waals surface area contributed by atoms with Gasteiger partial charge >= 0.3 is 6.03 Å². The molecule has 2 rings (SSSR count). The Balaban J connectivity index is 1.89. The summed E-state index contributed by atoms with van der Waals surface area (Å²) in [5.41, 5.74) is 0.777. The fraction of sp³-hybridized carbons (Fsp3) is 0.300. The number of anilines is 1. The molecule has 1 aromatic rings. The number of hydrogen-bond donors (Lipinski definition) is 2. The molecule has 1 heterocycles. The van der Waals surface area contributed by atoms with Crippen molar-refractivity contribution >= 4 is 11.7 Å². The molecule has 0 saturated carbocycles. The lowest BCUT2D eigenvalue weighted by molar-refractivity contribution is 0.0309. The van der Waals surface area contributed by atoms with Crippen LogP contribution in [0.3, 0.4) is 0 Å². The Kier molecular flexibility index (Phi) is 2.37. The zero-order valence-electron chi connectivity index (χ0n) is 7.68. The van der Waals surface area contributed by atoms with E-state index >= 15 is 0 Å². The lowest BCUT2D eigenvalue weighted by Gasteiger charge is -2.35. The molecule has 1 aliphatic heterocycles. The van der Waals surface area contributed by atoms with Crippen LogP contribution in [0.2, 0.25) is 0 Å². The van der Waals surface area contributed by atoms with Gasteiger partial charge in [0.25, 0.3) is 0 Å². The van der Waals surface area contributed by atoms with Gasteiger partial charge in [0.1, 0.15) is 0 Å². The van der Waals surface area contributed by atoms with Gasteiger partial charge in [0, 0.05) is 5.69 Å². The van der Waals surface area contributed by atoms with E-state index in [1.807, 2.05) is 30.3 Å². The molecule has 4 nitrogen and oxygen atoms in total. The molecule has 0 aromatic heterocycles. The van der Waals surface area contributed by atoms with Gasteiger partial charge in [-0.15, -0.1) is 0 Å². The zero-order chi connectivity index (χ0) is 9.97. The van der Waals surface area contributed by atoms with E-state index in [0.717, 1.165) is 5.69 Å². The van der Waals surface area contributed by atoms with E-state index in [1.54, 1.807) is 4.90 Å². The maximum absolute atomic E-state index is 11.4. The van der Waals surface area contributed by atoms with Gasteiger partial charge in [0.2, 0.25) is 0 Å². The predicted molar refractivity (Wildman–Crippen MR) is 53.0 cm³/mol. The zero-order valence-corrected chi connectivity index (χ0v) is 7.68. The summed E-state index contributed by atoms with van der Waals surface area (Å²) < 4.78 is 0. The minimum absolute atomic E-state index is 0.151. The third-order valence-electron chi connectivity index (χ3n) is 2.17. The van der Waals surface area contributed by atoms with E-state index in [0.29, 0.717) is 13.1 Å². The van der Waals surface area contributed by atoms with Crippen LogP contribution in [0.4, 0.5) is 10.5 Å². The number of aliphatic hydroxyl groups is 1. The summed E-state index contributed by atoms with van der Waals surface area (Å²) in [7, 11) is 0. The molecule has 1 aromatic carbocycles. The van der Waals surface area contributed by atoms with Crippen molar-refractivity contribution in [3.05, 3.63) is 30.3 Å². The van der Waals surface area contributed by atoms with Gasteiger partial charge < -0.3 is 15.3 Å². The van der Waals surface area contributed by atoms with Crippen molar-refractivity contribution in [2.75, 3.05) is 18.4 Å². The second kappa shape index (κ2) is 3.67. The molecule has 1 saturated heterocycles. The van der Waals surface area contributed by atoms with Crippen molar-refractivity contribution in [3.63, 3.8) is 0 Å². The van der Waals surface area contributed by atoms with Gasteiger partial charge in [-0.2, -0.15) is 0 Å². The number of aliphatic hydroxyl groups excluding tert-OH is 1. The predicted octanol–water partition coefficient (Wildman–Crippen LogP) is 0.895. The molecule has 0 unspecified atom stereocenters. The second-order valence-corrected chi connectivity index (χ2v) is 3.35. The van der Waals surface area contributed by atoms with Gasteiger partial charge in [0.05, 0.1) is 19.2 Å². The van der Waals surface area contributed by atoms with Crippen molar-refractivity contribution < 1.29 is 9.90 Å². The lowest BCUT2D eigenvalue weighted by atomic mass is 10.2. The molecule has 0 bridgehead atoms. The lowest BCUT2D eigenvalue weighted by Crippen LogP contribution is -2.54. The summed E-state index contributed by atoms with van der Waals surface area (Å²) in [4.78, 5) is 13.0. The number of para-hydroxylation sites is 1. The van der Waals surface area contributed by atoms with E-state index in [2.05, 4.69) is 5.32 Å². The molecule has 0 spiro atoms. The Morgan fingerprint density at radius 3 is 2.57 bits per heavy atom. The Morgan fingerprint density at radius 1 is 1.36 bits per heavy atom. The van der Waals surface area contributed by atoms with Crippen LogP contribution in [0.15, 0.2) is 30.3 Å². The van der Waals surface area contributed by atoms with Crippen LogP contribution >= 0.6 is 0 Å². The van der Waals surface area contributed by atoms with Crippen LogP contribution in [-0.4, -0.2) is 35.2 Å². The number of nitrogens with zero attached hydrogens (tertiary/aromatic N) is 1. The highest BCUT2D eigenvalue weighted by molar-refractivity contribution is 5.89. The monoisotopic (exact) mass is 192 g/mol. The highest BCUT2D eigenvalue weighted by Crippen LogP contribution is 2.11. The summed E-state index contributed by atoms with van der Waals surface area (Å²) in [5, 5.41) is 11.8. The topological polar surface area (TPSA) is 52.6 Å². The first kappa shape index (κ1) is 9.02. The van der Waals surface area contributed by atoms with E-state index < -0.39 is 0 Å². The maximum Gasteiger partial charge on any atom is 0.322 e. The Labute approximate surface area is 82.2 Å². The fourth-order valence-electron chi connectivity index (χ4n) is 1.35. The van der Waals surface area contributed by atoms with E-state index in [4.69, 9.17) is 5.11 Å². The van der Waals surface area contributed by atoms with Crippen LogP contribution in [0, 0.1) is 0 Å². The third-order valence-corrected chi connectivity index (χ3v) is 2.17. The minimum atomic E-state index is -0.350. The van der Waals surface area contributed by atoms with E-state index in [9.17, 15) is 4.79 Å². The maximum atomic E-state index is 11.4. The van der Waals surface area contributed by atoms with Crippen molar-refractivity contribution in [1.82, 2.24) is 4.90 Å². The van der Waals surface area contributed by atoms with Gasteiger partial charge in [0.15, 0.2) is 0 Å². The summed E-state index contributed by atoms with van der Waals surface area (Å²) >= 11 is 0. The number of benzene rings is 1. The number of hydrogen-bond acceptors (Lipinski definition) is 2. The molecule has 0 radical (unpaired) electrons. The summed E-state index contributed by atoms with van der Waals surface area (Å²) in [6, 6.07) is 9.12. The number of likely N-dealkylation sites (tertiary alicyclic amines) is 1. The Bertz CT molecular complexity index is 320. The molecule has 4 heteroatoms. The van der Waals surface area contributed by atoms with Gasteiger partial charge in [-0.3, -0.25) is 0 Å². The van der Waals surface area contributed by atoms with E-state index in [1.165, 1.54) is 0 Å². The number of carbonyl (C=O) groups excluding carboxylic acids is 1. The Hall–Kier alpha value is -1.55. The molecule has 1 fully saturated rings. The number of carbonyl (C=O) groups is 1. The normalized spacial score (nSPS) is 16.2. The highest BCUT2D eigenvalue weighted by atomic mass is 16.3. The average molecular weight is 192 g/mol. The van der Waals surface area contributed by atoms with Crippen LogP contribution in [0.25, 0.3) is 0 Å². The number of β-amino-alcohol motifs (C(OH)–C–C–N with tert-alkyl or cyclic N) is 1. The first-order valence-corrected chi connectivity index (χ1v) is 4.55. The summed E-state index contributed by atoms with van der Waals surface area (Å²) in [6.45, 7) is 0.858. The molecule has 2 amide bonds. The number of nitrogens with one attached hydrogen (secondary N) is 1. The molecule has 14 heavy (non-hydrogen) atoms. The Morgan fingerprint density at radius 2 is 2.00 bits per heavy atom. The fourth-order valence-corrected chi connectivity index (χ4v) is 1.35. The quantitative estimate of drug-likeness (QED) is 0.694. The summed E-state index contributed by atoms with van der Waals surface area (Å²) in [5.74, 6) is 0. The van der Waals surface area contributed by atoms with Gasteiger partial charge in [-0.25, -0.2) is 4.79 Å². The highest BCUT2D eigenvalue weighted by Gasteiger charge is 2.28. The van der Waals surface area contributed by atoms with Crippen molar-refractivity contribution in [3.8, 4) is 0 Å². The molecular weight excluding hydrogens is 180 g/mol. The average Bonchev–Trinajstić information content (AvgIpc) is 2.14. The second-order valence-electron chi connectivity index (χ2n) is 3.35. The van der Waals surface area contributed by atoms with Crippen LogP contribution in [0.5, 0.6) is 0 Å². The van der Waals surface area contributed by atoms with Crippen molar-refractivity contribution in [1.29, 1.82) is 0 Å². The minimum Gasteiger partial charge on any atom is -0.389 e. The SMILES string of the molecule is O=C(Nc1ccccc1)N1CC(O)C1.